The standard InChI is InChI=1S/C14H27NO2S/c1-11-6-13(8-14(2,3)7-11)15-9-12-4-5-18(16,17)10-12/h11-13,15H,4-10H2,1-3H3. The summed E-state index contributed by atoms with van der Waals surface area (Å²) in [5.74, 6) is 1.91. The van der Waals surface area contributed by atoms with Gasteiger partial charge in [-0.25, -0.2) is 8.42 Å². The van der Waals surface area contributed by atoms with Crippen LogP contribution in [0.4, 0.5) is 0 Å². The van der Waals surface area contributed by atoms with Crippen molar-refractivity contribution in [1.29, 1.82) is 0 Å². The van der Waals surface area contributed by atoms with Crippen LogP contribution in [0.5, 0.6) is 0 Å². The Morgan fingerprint density at radius 3 is 2.56 bits per heavy atom. The predicted octanol–water partition coefficient (Wildman–Crippen LogP) is 2.23. The monoisotopic (exact) mass is 273 g/mol. The van der Waals surface area contributed by atoms with Gasteiger partial charge in [0.05, 0.1) is 11.5 Å². The summed E-state index contributed by atoms with van der Waals surface area (Å²) in [5, 5.41) is 3.62. The maximum absolute atomic E-state index is 11.4. The third-order valence-electron chi connectivity index (χ3n) is 4.41. The van der Waals surface area contributed by atoms with Gasteiger partial charge in [-0.15, -0.1) is 0 Å². The summed E-state index contributed by atoms with van der Waals surface area (Å²) in [5.41, 5.74) is 0.428. The van der Waals surface area contributed by atoms with Crippen LogP contribution in [-0.4, -0.2) is 32.5 Å². The number of hydrogen-bond acceptors (Lipinski definition) is 3. The van der Waals surface area contributed by atoms with Gasteiger partial charge in [0.1, 0.15) is 0 Å². The number of sulfone groups is 1. The van der Waals surface area contributed by atoms with E-state index in [4.69, 9.17) is 0 Å². The fourth-order valence-corrected chi connectivity index (χ4v) is 5.73. The van der Waals surface area contributed by atoms with Crippen molar-refractivity contribution in [1.82, 2.24) is 5.32 Å². The lowest BCUT2D eigenvalue weighted by molar-refractivity contribution is 0.149. The molecule has 3 unspecified atom stereocenters. The Morgan fingerprint density at radius 1 is 1.28 bits per heavy atom. The second-order valence-corrected chi connectivity index (χ2v) is 9.52. The van der Waals surface area contributed by atoms with Crippen molar-refractivity contribution < 1.29 is 8.42 Å². The van der Waals surface area contributed by atoms with Gasteiger partial charge in [-0.2, -0.15) is 0 Å². The van der Waals surface area contributed by atoms with Crippen LogP contribution in [0.1, 0.15) is 46.5 Å². The molecule has 1 aliphatic carbocycles. The summed E-state index contributed by atoms with van der Waals surface area (Å²) < 4.78 is 22.8. The number of rotatable bonds is 3. The Bertz CT molecular complexity index is 389. The minimum absolute atomic E-state index is 0.343. The van der Waals surface area contributed by atoms with Crippen molar-refractivity contribution >= 4 is 9.84 Å². The molecular formula is C14H27NO2S. The zero-order chi connectivity index (χ0) is 13.4. The molecule has 4 heteroatoms. The lowest BCUT2D eigenvalue weighted by Gasteiger charge is -2.39. The Morgan fingerprint density at radius 2 is 2.00 bits per heavy atom. The van der Waals surface area contributed by atoms with E-state index in [0.717, 1.165) is 18.9 Å². The maximum Gasteiger partial charge on any atom is 0.150 e. The largest absolute Gasteiger partial charge is 0.314 e. The Balaban J connectivity index is 1.80. The molecule has 1 saturated heterocycles. The van der Waals surface area contributed by atoms with Gasteiger partial charge in [-0.05, 0) is 49.5 Å². The molecule has 3 nitrogen and oxygen atoms in total. The van der Waals surface area contributed by atoms with Crippen LogP contribution in [-0.2, 0) is 9.84 Å². The summed E-state index contributed by atoms with van der Waals surface area (Å²) in [6.45, 7) is 7.90. The van der Waals surface area contributed by atoms with E-state index in [-0.39, 0.29) is 0 Å². The van der Waals surface area contributed by atoms with E-state index in [1.807, 2.05) is 0 Å². The molecule has 18 heavy (non-hydrogen) atoms. The lowest BCUT2D eigenvalue weighted by Crippen LogP contribution is -2.42. The van der Waals surface area contributed by atoms with Crippen molar-refractivity contribution in [3.63, 3.8) is 0 Å². The first-order valence-electron chi connectivity index (χ1n) is 7.20. The van der Waals surface area contributed by atoms with E-state index in [2.05, 4.69) is 26.1 Å². The molecule has 3 atom stereocenters. The van der Waals surface area contributed by atoms with E-state index in [9.17, 15) is 8.42 Å². The van der Waals surface area contributed by atoms with E-state index < -0.39 is 9.84 Å². The quantitative estimate of drug-likeness (QED) is 0.857. The molecule has 2 rings (SSSR count). The van der Waals surface area contributed by atoms with Crippen LogP contribution in [0.25, 0.3) is 0 Å². The molecule has 106 valence electrons. The first kappa shape index (κ1) is 14.3. The van der Waals surface area contributed by atoms with Gasteiger partial charge < -0.3 is 5.32 Å². The van der Waals surface area contributed by atoms with Gasteiger partial charge in [0, 0.05) is 6.04 Å². The third-order valence-corrected chi connectivity index (χ3v) is 6.25. The van der Waals surface area contributed by atoms with Crippen molar-refractivity contribution in [2.45, 2.75) is 52.5 Å². The van der Waals surface area contributed by atoms with Gasteiger partial charge in [0.2, 0.25) is 0 Å². The molecule has 0 aromatic carbocycles. The van der Waals surface area contributed by atoms with Crippen LogP contribution in [0.3, 0.4) is 0 Å². The van der Waals surface area contributed by atoms with Gasteiger partial charge >= 0.3 is 0 Å². The second-order valence-electron chi connectivity index (χ2n) is 7.29. The average Bonchev–Trinajstić information content (AvgIpc) is 2.52. The summed E-state index contributed by atoms with van der Waals surface area (Å²) in [6, 6.07) is 0.576. The molecular weight excluding hydrogens is 246 g/mol. The Hall–Kier alpha value is -0.0900. The van der Waals surface area contributed by atoms with Crippen LogP contribution < -0.4 is 5.32 Å². The third kappa shape index (κ3) is 3.95. The molecule has 2 fully saturated rings. The molecule has 1 aliphatic heterocycles. The van der Waals surface area contributed by atoms with Crippen LogP contribution in [0, 0.1) is 17.3 Å². The summed E-state index contributed by atoms with van der Waals surface area (Å²) in [7, 11) is -2.72. The highest BCUT2D eigenvalue weighted by molar-refractivity contribution is 7.91. The smallest absolute Gasteiger partial charge is 0.150 e. The summed E-state index contributed by atoms with van der Waals surface area (Å²) in [4.78, 5) is 0. The van der Waals surface area contributed by atoms with Gasteiger partial charge in [0.25, 0.3) is 0 Å². The Kier molecular flexibility index (Phi) is 4.07. The van der Waals surface area contributed by atoms with Crippen molar-refractivity contribution in [3.05, 3.63) is 0 Å². The van der Waals surface area contributed by atoms with E-state index in [1.165, 1.54) is 19.3 Å². The predicted molar refractivity (Wildman–Crippen MR) is 75.3 cm³/mol. The zero-order valence-electron chi connectivity index (χ0n) is 11.9. The molecule has 1 N–H and O–H groups in total. The average molecular weight is 273 g/mol. The molecule has 0 aromatic heterocycles. The Labute approximate surface area is 112 Å². The fourth-order valence-electron chi connectivity index (χ4n) is 3.87. The molecule has 2 aliphatic rings. The van der Waals surface area contributed by atoms with Crippen LogP contribution >= 0.6 is 0 Å². The normalized spacial score (nSPS) is 38.7. The molecule has 0 spiro atoms. The highest BCUT2D eigenvalue weighted by atomic mass is 32.2. The van der Waals surface area contributed by atoms with Crippen molar-refractivity contribution in [3.8, 4) is 0 Å². The molecule has 0 amide bonds. The van der Waals surface area contributed by atoms with Crippen molar-refractivity contribution in [2.24, 2.45) is 17.3 Å². The van der Waals surface area contributed by atoms with Crippen molar-refractivity contribution in [2.75, 3.05) is 18.1 Å². The lowest BCUT2D eigenvalue weighted by atomic mass is 9.70. The van der Waals surface area contributed by atoms with Gasteiger partial charge in [-0.1, -0.05) is 20.8 Å². The molecule has 0 radical (unpaired) electrons. The molecule has 1 saturated carbocycles. The summed E-state index contributed by atoms with van der Waals surface area (Å²) >= 11 is 0. The minimum Gasteiger partial charge on any atom is -0.314 e. The molecule has 1 heterocycles. The number of hydrogen-bond donors (Lipinski definition) is 1. The highest BCUT2D eigenvalue weighted by Gasteiger charge is 2.33. The topological polar surface area (TPSA) is 46.2 Å². The van der Waals surface area contributed by atoms with Gasteiger partial charge in [-0.3, -0.25) is 0 Å². The van der Waals surface area contributed by atoms with E-state index >= 15 is 0 Å². The highest BCUT2D eigenvalue weighted by Crippen LogP contribution is 2.38. The first-order valence-corrected chi connectivity index (χ1v) is 9.02. The van der Waals surface area contributed by atoms with E-state index in [0.29, 0.717) is 28.9 Å². The molecule has 0 bridgehead atoms. The zero-order valence-corrected chi connectivity index (χ0v) is 12.7. The molecule has 0 aromatic rings. The second kappa shape index (κ2) is 5.12. The van der Waals surface area contributed by atoms with Crippen LogP contribution in [0.2, 0.25) is 0 Å². The SMILES string of the molecule is CC1CC(NCC2CCS(=O)(=O)C2)CC(C)(C)C1. The number of nitrogens with one attached hydrogen (secondary N) is 1. The summed E-state index contributed by atoms with van der Waals surface area (Å²) in [6.07, 6.45) is 4.61. The van der Waals surface area contributed by atoms with Crippen LogP contribution in [0.15, 0.2) is 0 Å². The van der Waals surface area contributed by atoms with E-state index in [1.54, 1.807) is 0 Å². The fraction of sp³-hybridized carbons (Fsp3) is 1.00. The van der Waals surface area contributed by atoms with Gasteiger partial charge in [0.15, 0.2) is 9.84 Å². The first-order chi connectivity index (χ1) is 8.26. The minimum atomic E-state index is -2.72. The maximum atomic E-state index is 11.4.